The third-order valence-corrected chi connectivity index (χ3v) is 1.98. The van der Waals surface area contributed by atoms with Crippen LogP contribution in [0.1, 0.15) is 12.8 Å². The number of nitrogens with two attached hydrogens (primary N) is 1. The second kappa shape index (κ2) is 4.06. The van der Waals surface area contributed by atoms with E-state index in [1.165, 1.54) is 11.3 Å². The Bertz CT molecular complexity index is 244. The molecule has 4 nitrogen and oxygen atoms in total. The molecule has 1 aromatic heterocycles. The van der Waals surface area contributed by atoms with E-state index in [4.69, 9.17) is 10.8 Å². The van der Waals surface area contributed by atoms with Crippen molar-refractivity contribution in [1.29, 1.82) is 0 Å². The van der Waals surface area contributed by atoms with Crippen LogP contribution in [-0.4, -0.2) is 16.1 Å². The lowest BCUT2D eigenvalue weighted by Gasteiger charge is -1.75. The van der Waals surface area contributed by atoms with Crippen LogP contribution in [0.15, 0.2) is 11.7 Å². The first kappa shape index (κ1) is 8.99. The largest absolute Gasteiger partial charge is 0.481 e. The first-order valence-electron chi connectivity index (χ1n) is 3.57. The van der Waals surface area contributed by atoms with Crippen molar-refractivity contribution in [2.45, 2.75) is 12.8 Å². The van der Waals surface area contributed by atoms with Gasteiger partial charge in [0, 0.05) is 0 Å². The van der Waals surface area contributed by atoms with Gasteiger partial charge in [-0.1, -0.05) is 0 Å². The van der Waals surface area contributed by atoms with Crippen LogP contribution in [0.3, 0.4) is 0 Å². The molecule has 0 bridgehead atoms. The number of carboxylic acids is 1. The smallest absolute Gasteiger partial charge is 0.306 e. The van der Waals surface area contributed by atoms with Crippen LogP contribution in [0.2, 0.25) is 0 Å². The second-order valence-corrected chi connectivity index (χ2v) is 3.43. The average Bonchev–Trinajstić information content (AvgIpc) is 2.77. The van der Waals surface area contributed by atoms with Crippen LogP contribution in [0, 0.1) is 5.92 Å². The van der Waals surface area contributed by atoms with Gasteiger partial charge in [0.05, 0.1) is 17.6 Å². The van der Waals surface area contributed by atoms with Crippen LogP contribution < -0.4 is 5.73 Å². The van der Waals surface area contributed by atoms with Gasteiger partial charge in [0.15, 0.2) is 0 Å². The van der Waals surface area contributed by atoms with Gasteiger partial charge in [0.1, 0.15) is 5.00 Å². The number of thiazole rings is 1. The molecule has 3 N–H and O–H groups in total. The molecule has 1 heterocycles. The highest BCUT2D eigenvalue weighted by Crippen LogP contribution is 2.28. The maximum Gasteiger partial charge on any atom is 0.306 e. The summed E-state index contributed by atoms with van der Waals surface area (Å²) in [4.78, 5) is 13.5. The van der Waals surface area contributed by atoms with Crippen LogP contribution >= 0.6 is 11.3 Å². The third kappa shape index (κ3) is 3.34. The molecular formula is C7H10N2O2S. The Morgan fingerprint density at radius 2 is 2.42 bits per heavy atom. The third-order valence-electron chi connectivity index (χ3n) is 1.38. The normalized spacial score (nSPS) is 14.7. The van der Waals surface area contributed by atoms with Gasteiger partial charge < -0.3 is 10.8 Å². The molecule has 2 rings (SSSR count). The molecule has 0 saturated heterocycles. The van der Waals surface area contributed by atoms with E-state index in [2.05, 4.69) is 4.98 Å². The van der Waals surface area contributed by atoms with Crippen LogP contribution in [0.4, 0.5) is 5.00 Å². The van der Waals surface area contributed by atoms with Gasteiger partial charge in [-0.25, -0.2) is 0 Å². The van der Waals surface area contributed by atoms with Gasteiger partial charge in [-0.2, -0.15) is 0 Å². The number of nitrogens with zero attached hydrogens (tertiary/aromatic N) is 1. The number of hydrogen-bond acceptors (Lipinski definition) is 4. The van der Waals surface area contributed by atoms with Crippen LogP contribution in [0.25, 0.3) is 0 Å². The summed E-state index contributed by atoms with van der Waals surface area (Å²) in [5.74, 6) is -0.611. The number of anilines is 1. The van der Waals surface area contributed by atoms with Crippen molar-refractivity contribution in [3.05, 3.63) is 11.7 Å². The van der Waals surface area contributed by atoms with Crippen LogP contribution in [-0.2, 0) is 4.79 Å². The van der Waals surface area contributed by atoms with Gasteiger partial charge in [0.2, 0.25) is 0 Å². The minimum atomic E-state index is -0.630. The van der Waals surface area contributed by atoms with E-state index in [0.29, 0.717) is 0 Å². The Hall–Kier alpha value is -1.10. The zero-order valence-corrected chi connectivity index (χ0v) is 7.25. The average molecular weight is 186 g/mol. The van der Waals surface area contributed by atoms with E-state index in [1.807, 2.05) is 0 Å². The van der Waals surface area contributed by atoms with Gasteiger partial charge in [-0.05, 0) is 12.8 Å². The zero-order valence-electron chi connectivity index (χ0n) is 6.43. The summed E-state index contributed by atoms with van der Waals surface area (Å²) in [6.07, 6.45) is 3.43. The van der Waals surface area contributed by atoms with Gasteiger partial charge in [-0.3, -0.25) is 9.78 Å². The number of aliphatic carboxylic acids is 1. The van der Waals surface area contributed by atoms with Crippen molar-refractivity contribution in [3.63, 3.8) is 0 Å². The molecule has 5 heteroatoms. The summed E-state index contributed by atoms with van der Waals surface area (Å²) in [5, 5.41) is 8.83. The van der Waals surface area contributed by atoms with Crippen molar-refractivity contribution in [3.8, 4) is 0 Å². The lowest BCUT2D eigenvalue weighted by atomic mass is 10.5. The Labute approximate surface area is 74.0 Å². The number of hydrogen-bond donors (Lipinski definition) is 2. The summed E-state index contributed by atoms with van der Waals surface area (Å²) < 4.78 is 0. The molecule has 1 fully saturated rings. The van der Waals surface area contributed by atoms with E-state index in [-0.39, 0.29) is 5.92 Å². The standard InChI is InChI=1S/C4H6O2.C3H4N2S/c5-4(6)3-1-2-3;4-3-1-5-2-6-3/h3H,1-2H2,(H,5,6);1-2H,4H2. The predicted molar refractivity (Wildman–Crippen MR) is 46.9 cm³/mol. The van der Waals surface area contributed by atoms with Crippen molar-refractivity contribution in [1.82, 2.24) is 4.98 Å². The number of rotatable bonds is 1. The molecule has 1 saturated carbocycles. The highest BCUT2D eigenvalue weighted by atomic mass is 32.1. The maximum atomic E-state index is 9.76. The molecule has 0 amide bonds. The summed E-state index contributed by atoms with van der Waals surface area (Å²) in [6.45, 7) is 0. The molecule has 1 aliphatic rings. The second-order valence-electron chi connectivity index (χ2n) is 2.52. The van der Waals surface area contributed by atoms with E-state index in [9.17, 15) is 4.79 Å². The summed E-state index contributed by atoms with van der Waals surface area (Å²) >= 11 is 1.44. The Morgan fingerprint density at radius 3 is 2.50 bits per heavy atom. The molecule has 0 aliphatic heterocycles. The number of carboxylic acid groups (broad SMARTS) is 1. The molecule has 66 valence electrons. The van der Waals surface area contributed by atoms with E-state index < -0.39 is 5.97 Å². The minimum Gasteiger partial charge on any atom is -0.481 e. The molecular weight excluding hydrogens is 176 g/mol. The van der Waals surface area contributed by atoms with Gasteiger partial charge in [0.25, 0.3) is 0 Å². The number of aromatic nitrogens is 1. The van der Waals surface area contributed by atoms with Crippen molar-refractivity contribution in [2.24, 2.45) is 5.92 Å². The van der Waals surface area contributed by atoms with Crippen molar-refractivity contribution < 1.29 is 9.90 Å². The fourth-order valence-corrected chi connectivity index (χ4v) is 0.921. The van der Waals surface area contributed by atoms with E-state index in [0.717, 1.165) is 17.8 Å². The highest BCUT2D eigenvalue weighted by Gasteiger charge is 2.28. The first-order chi connectivity index (χ1) is 5.70. The molecule has 0 aromatic carbocycles. The van der Waals surface area contributed by atoms with Crippen molar-refractivity contribution in [2.75, 3.05) is 5.73 Å². The van der Waals surface area contributed by atoms with Gasteiger partial charge >= 0.3 is 5.97 Å². The maximum absolute atomic E-state index is 9.76. The molecule has 12 heavy (non-hydrogen) atoms. The summed E-state index contributed by atoms with van der Waals surface area (Å²) in [7, 11) is 0. The summed E-state index contributed by atoms with van der Waals surface area (Å²) in [5.41, 5.74) is 6.94. The highest BCUT2D eigenvalue weighted by molar-refractivity contribution is 7.13. The quantitative estimate of drug-likeness (QED) is 0.691. The molecule has 0 atom stereocenters. The van der Waals surface area contributed by atoms with Gasteiger partial charge in [-0.15, -0.1) is 11.3 Å². The topological polar surface area (TPSA) is 76.2 Å². The molecule has 0 unspecified atom stereocenters. The van der Waals surface area contributed by atoms with Crippen LogP contribution in [0.5, 0.6) is 0 Å². The lowest BCUT2D eigenvalue weighted by Crippen LogP contribution is -1.94. The lowest BCUT2D eigenvalue weighted by molar-refractivity contribution is -0.138. The fraction of sp³-hybridized carbons (Fsp3) is 0.429. The molecule has 0 spiro atoms. The Kier molecular flexibility index (Phi) is 3.04. The molecule has 1 aliphatic carbocycles. The monoisotopic (exact) mass is 186 g/mol. The fourth-order valence-electron chi connectivity index (χ4n) is 0.556. The number of nitrogen functional groups attached to an aromatic ring is 1. The molecule has 0 radical (unpaired) electrons. The minimum absolute atomic E-state index is 0.0185. The molecule has 1 aromatic rings. The first-order valence-corrected chi connectivity index (χ1v) is 4.45. The Balaban J connectivity index is 0.000000120. The summed E-state index contributed by atoms with van der Waals surface area (Å²) in [6, 6.07) is 0. The van der Waals surface area contributed by atoms with E-state index in [1.54, 1.807) is 11.7 Å². The Morgan fingerprint density at radius 1 is 1.75 bits per heavy atom. The number of carbonyl (C=O) groups is 1. The predicted octanol–water partition coefficient (Wildman–Crippen LogP) is 1.21. The van der Waals surface area contributed by atoms with Crippen molar-refractivity contribution >= 4 is 22.3 Å². The zero-order chi connectivity index (χ0) is 8.97. The van der Waals surface area contributed by atoms with E-state index >= 15 is 0 Å². The SMILES string of the molecule is Nc1cncs1.O=C(O)C1CC1.